The molecule has 1 aromatic rings. The SMILES string of the molecule is CCCNC(C)(CC(N)=O)c1ccc(OC)cc1OC. The fourth-order valence-electron chi connectivity index (χ4n) is 2.26. The van der Waals surface area contributed by atoms with Crippen LogP contribution in [0.5, 0.6) is 11.5 Å². The van der Waals surface area contributed by atoms with Crippen LogP contribution in [-0.4, -0.2) is 26.7 Å². The van der Waals surface area contributed by atoms with Gasteiger partial charge in [-0.1, -0.05) is 6.92 Å². The quantitative estimate of drug-likeness (QED) is 0.761. The highest BCUT2D eigenvalue weighted by atomic mass is 16.5. The molecule has 1 aromatic carbocycles. The van der Waals surface area contributed by atoms with E-state index in [4.69, 9.17) is 15.2 Å². The summed E-state index contributed by atoms with van der Waals surface area (Å²) in [5.41, 5.74) is 5.73. The Morgan fingerprint density at radius 3 is 2.55 bits per heavy atom. The summed E-state index contributed by atoms with van der Waals surface area (Å²) >= 11 is 0. The van der Waals surface area contributed by atoms with E-state index in [1.165, 1.54) is 0 Å². The molecule has 0 saturated carbocycles. The van der Waals surface area contributed by atoms with Crippen molar-refractivity contribution < 1.29 is 14.3 Å². The number of primary amides is 1. The molecule has 0 bridgehead atoms. The van der Waals surface area contributed by atoms with Gasteiger partial charge in [0.05, 0.1) is 19.8 Å². The molecule has 0 radical (unpaired) electrons. The lowest BCUT2D eigenvalue weighted by molar-refractivity contribution is -0.119. The number of hydrogen-bond acceptors (Lipinski definition) is 4. The number of hydrogen-bond donors (Lipinski definition) is 2. The van der Waals surface area contributed by atoms with Gasteiger partial charge in [0.15, 0.2) is 0 Å². The van der Waals surface area contributed by atoms with Gasteiger partial charge in [0, 0.05) is 18.1 Å². The van der Waals surface area contributed by atoms with E-state index in [9.17, 15) is 4.79 Å². The second kappa shape index (κ2) is 7.14. The second-order valence-corrected chi connectivity index (χ2v) is 4.97. The fourth-order valence-corrected chi connectivity index (χ4v) is 2.26. The molecule has 112 valence electrons. The van der Waals surface area contributed by atoms with Crippen LogP contribution in [0.4, 0.5) is 0 Å². The maximum absolute atomic E-state index is 11.4. The first-order valence-electron chi connectivity index (χ1n) is 6.72. The number of carbonyl (C=O) groups excluding carboxylic acids is 1. The van der Waals surface area contributed by atoms with E-state index >= 15 is 0 Å². The van der Waals surface area contributed by atoms with Crippen molar-refractivity contribution in [2.24, 2.45) is 5.73 Å². The molecule has 1 atom stereocenters. The number of carbonyl (C=O) groups is 1. The first-order valence-corrected chi connectivity index (χ1v) is 6.72. The predicted molar refractivity (Wildman–Crippen MR) is 79.0 cm³/mol. The predicted octanol–water partition coefficient (Wildman–Crippen LogP) is 1.79. The Hall–Kier alpha value is -1.75. The number of nitrogens with one attached hydrogen (secondary N) is 1. The van der Waals surface area contributed by atoms with E-state index in [-0.39, 0.29) is 12.3 Å². The minimum absolute atomic E-state index is 0.204. The summed E-state index contributed by atoms with van der Waals surface area (Å²) in [6, 6.07) is 5.57. The third-order valence-corrected chi connectivity index (χ3v) is 3.30. The van der Waals surface area contributed by atoms with Crippen LogP contribution in [0.3, 0.4) is 0 Å². The van der Waals surface area contributed by atoms with Crippen molar-refractivity contribution in [2.75, 3.05) is 20.8 Å². The van der Waals surface area contributed by atoms with Gasteiger partial charge in [-0.2, -0.15) is 0 Å². The Labute approximate surface area is 120 Å². The van der Waals surface area contributed by atoms with Crippen molar-refractivity contribution >= 4 is 5.91 Å². The first kappa shape index (κ1) is 16.3. The van der Waals surface area contributed by atoms with Crippen molar-refractivity contribution in [1.82, 2.24) is 5.32 Å². The summed E-state index contributed by atoms with van der Waals surface area (Å²) in [6.45, 7) is 4.82. The molecule has 0 heterocycles. The van der Waals surface area contributed by atoms with Crippen molar-refractivity contribution in [2.45, 2.75) is 32.2 Å². The summed E-state index contributed by atoms with van der Waals surface area (Å²) < 4.78 is 10.6. The average Bonchev–Trinajstić information content (AvgIpc) is 2.43. The lowest BCUT2D eigenvalue weighted by Crippen LogP contribution is -2.43. The van der Waals surface area contributed by atoms with Crippen molar-refractivity contribution in [3.8, 4) is 11.5 Å². The third kappa shape index (κ3) is 3.87. The molecule has 5 heteroatoms. The molecule has 1 unspecified atom stereocenters. The van der Waals surface area contributed by atoms with E-state index < -0.39 is 5.54 Å². The van der Waals surface area contributed by atoms with E-state index in [1.54, 1.807) is 14.2 Å². The zero-order valence-electron chi connectivity index (χ0n) is 12.7. The van der Waals surface area contributed by atoms with Gasteiger partial charge in [0.1, 0.15) is 11.5 Å². The van der Waals surface area contributed by atoms with Crippen molar-refractivity contribution in [3.05, 3.63) is 23.8 Å². The highest BCUT2D eigenvalue weighted by Gasteiger charge is 2.31. The normalized spacial score (nSPS) is 13.6. The molecular formula is C15H24N2O3. The fraction of sp³-hybridized carbons (Fsp3) is 0.533. The van der Waals surface area contributed by atoms with Gasteiger partial charge in [-0.3, -0.25) is 4.79 Å². The maximum atomic E-state index is 11.4. The second-order valence-electron chi connectivity index (χ2n) is 4.97. The van der Waals surface area contributed by atoms with Crippen LogP contribution in [0.2, 0.25) is 0 Å². The number of nitrogens with two attached hydrogens (primary N) is 1. The van der Waals surface area contributed by atoms with Crippen LogP contribution in [0, 0.1) is 0 Å². The monoisotopic (exact) mass is 280 g/mol. The van der Waals surface area contributed by atoms with Gasteiger partial charge in [-0.05, 0) is 32.0 Å². The zero-order valence-corrected chi connectivity index (χ0v) is 12.7. The van der Waals surface area contributed by atoms with Crippen LogP contribution < -0.4 is 20.5 Å². The Bertz CT molecular complexity index is 462. The average molecular weight is 280 g/mol. The van der Waals surface area contributed by atoms with E-state index in [0.717, 1.165) is 18.5 Å². The Morgan fingerprint density at radius 1 is 1.35 bits per heavy atom. The minimum atomic E-state index is -0.556. The van der Waals surface area contributed by atoms with E-state index in [1.807, 2.05) is 25.1 Å². The van der Waals surface area contributed by atoms with Crippen molar-refractivity contribution in [1.29, 1.82) is 0 Å². The topological polar surface area (TPSA) is 73.6 Å². The molecule has 3 N–H and O–H groups in total. The highest BCUT2D eigenvalue weighted by Crippen LogP contribution is 2.35. The standard InChI is InChI=1S/C15H24N2O3/c1-5-8-17-15(2,10-14(16)18)12-7-6-11(19-3)9-13(12)20-4/h6-7,9,17H,5,8,10H2,1-4H3,(H2,16,18). The van der Waals surface area contributed by atoms with Crippen LogP contribution in [0.25, 0.3) is 0 Å². The van der Waals surface area contributed by atoms with Crippen LogP contribution in [0.15, 0.2) is 18.2 Å². The number of amides is 1. The molecular weight excluding hydrogens is 256 g/mol. The number of ether oxygens (including phenoxy) is 2. The van der Waals surface area contributed by atoms with Gasteiger partial charge >= 0.3 is 0 Å². The summed E-state index contributed by atoms with van der Waals surface area (Å²) in [5.74, 6) is 1.04. The van der Waals surface area contributed by atoms with Gasteiger partial charge in [-0.15, -0.1) is 0 Å². The number of rotatable bonds is 8. The van der Waals surface area contributed by atoms with E-state index in [0.29, 0.717) is 11.5 Å². The zero-order chi connectivity index (χ0) is 15.2. The molecule has 0 fully saturated rings. The van der Waals surface area contributed by atoms with E-state index in [2.05, 4.69) is 12.2 Å². The van der Waals surface area contributed by atoms with Gasteiger partial charge in [0.2, 0.25) is 5.91 Å². The molecule has 0 spiro atoms. The molecule has 0 aliphatic heterocycles. The molecule has 0 aliphatic carbocycles. The summed E-state index contributed by atoms with van der Waals surface area (Å²) in [4.78, 5) is 11.4. The molecule has 5 nitrogen and oxygen atoms in total. The van der Waals surface area contributed by atoms with Gasteiger partial charge in [0.25, 0.3) is 0 Å². The number of methoxy groups -OCH3 is 2. The Kier molecular flexibility index (Phi) is 5.82. The van der Waals surface area contributed by atoms with Crippen LogP contribution in [-0.2, 0) is 10.3 Å². The molecule has 0 aromatic heterocycles. The Morgan fingerprint density at radius 2 is 2.05 bits per heavy atom. The summed E-state index contributed by atoms with van der Waals surface area (Å²) in [5, 5.41) is 3.38. The first-order chi connectivity index (χ1) is 9.46. The minimum Gasteiger partial charge on any atom is -0.497 e. The highest BCUT2D eigenvalue weighted by molar-refractivity contribution is 5.75. The summed E-state index contributed by atoms with van der Waals surface area (Å²) in [6.07, 6.45) is 1.17. The Balaban J connectivity index is 3.21. The maximum Gasteiger partial charge on any atom is 0.219 e. The smallest absolute Gasteiger partial charge is 0.219 e. The summed E-state index contributed by atoms with van der Waals surface area (Å²) in [7, 11) is 3.20. The molecule has 1 amide bonds. The van der Waals surface area contributed by atoms with Crippen LogP contribution >= 0.6 is 0 Å². The lowest BCUT2D eigenvalue weighted by atomic mass is 9.87. The molecule has 0 saturated heterocycles. The van der Waals surface area contributed by atoms with Gasteiger partial charge in [-0.25, -0.2) is 0 Å². The lowest BCUT2D eigenvalue weighted by Gasteiger charge is -2.32. The van der Waals surface area contributed by atoms with Crippen LogP contribution in [0.1, 0.15) is 32.3 Å². The van der Waals surface area contributed by atoms with Gasteiger partial charge < -0.3 is 20.5 Å². The molecule has 1 rings (SSSR count). The largest absolute Gasteiger partial charge is 0.497 e. The van der Waals surface area contributed by atoms with Crippen molar-refractivity contribution in [3.63, 3.8) is 0 Å². The molecule has 0 aliphatic rings. The number of benzene rings is 1. The molecule has 20 heavy (non-hydrogen) atoms. The third-order valence-electron chi connectivity index (χ3n) is 3.30.